The Morgan fingerprint density at radius 3 is 2.76 bits per heavy atom. The van der Waals surface area contributed by atoms with Gasteiger partial charge >= 0.3 is 0 Å². The number of halogens is 1. The molecule has 1 aliphatic heterocycles. The van der Waals surface area contributed by atoms with Crippen LogP contribution >= 0.6 is 15.9 Å². The molecule has 1 aromatic carbocycles. The van der Waals surface area contributed by atoms with Crippen molar-refractivity contribution in [1.29, 1.82) is 0 Å². The largest absolute Gasteiger partial charge is 0.383 e. The highest BCUT2D eigenvalue weighted by molar-refractivity contribution is 9.10. The van der Waals surface area contributed by atoms with Crippen LogP contribution in [0.4, 0.5) is 0 Å². The van der Waals surface area contributed by atoms with Crippen molar-refractivity contribution in [3.05, 3.63) is 28.7 Å². The molecule has 0 amide bonds. The number of benzene rings is 1. The van der Waals surface area contributed by atoms with Crippen LogP contribution in [0, 0.1) is 0 Å². The van der Waals surface area contributed by atoms with Crippen LogP contribution in [0.3, 0.4) is 0 Å². The lowest BCUT2D eigenvalue weighted by atomic mass is 10.4. The Morgan fingerprint density at radius 2 is 2.05 bits per heavy atom. The summed E-state index contributed by atoms with van der Waals surface area (Å²) in [5.41, 5.74) is 0. The second-order valence-electron chi connectivity index (χ2n) is 5.05. The molecule has 0 bridgehead atoms. The van der Waals surface area contributed by atoms with E-state index < -0.39 is 10.0 Å². The molecule has 7 heteroatoms. The fraction of sp³-hybridized carbons (Fsp3) is 0.571. The zero-order chi connectivity index (χ0) is 15.3. The van der Waals surface area contributed by atoms with Crippen LogP contribution < -0.4 is 0 Å². The van der Waals surface area contributed by atoms with Gasteiger partial charge in [0.2, 0.25) is 10.0 Å². The van der Waals surface area contributed by atoms with Crippen LogP contribution in [0.2, 0.25) is 0 Å². The third kappa shape index (κ3) is 4.50. The van der Waals surface area contributed by atoms with Crippen molar-refractivity contribution in [2.75, 3.05) is 46.4 Å². The van der Waals surface area contributed by atoms with Gasteiger partial charge in [0.25, 0.3) is 0 Å². The van der Waals surface area contributed by atoms with Crippen molar-refractivity contribution >= 4 is 26.0 Å². The molecule has 0 aliphatic carbocycles. The molecule has 1 heterocycles. The molecule has 0 atom stereocenters. The first-order valence-corrected chi connectivity index (χ1v) is 9.24. The summed E-state index contributed by atoms with van der Waals surface area (Å²) < 4.78 is 32.8. The van der Waals surface area contributed by atoms with Gasteiger partial charge in [0, 0.05) is 37.8 Å². The van der Waals surface area contributed by atoms with Gasteiger partial charge in [-0.25, -0.2) is 8.42 Å². The Bertz CT molecular complexity index is 565. The highest BCUT2D eigenvalue weighted by Gasteiger charge is 2.26. The zero-order valence-corrected chi connectivity index (χ0v) is 14.6. The average Bonchev–Trinajstić information content (AvgIpc) is 2.71. The summed E-state index contributed by atoms with van der Waals surface area (Å²) in [7, 11) is -1.72. The van der Waals surface area contributed by atoms with E-state index in [0.29, 0.717) is 24.6 Å². The van der Waals surface area contributed by atoms with Crippen molar-refractivity contribution < 1.29 is 13.2 Å². The summed E-state index contributed by atoms with van der Waals surface area (Å²) in [5, 5.41) is 0. The normalized spacial score (nSPS) is 18.6. The lowest BCUT2D eigenvalue weighted by Gasteiger charge is -2.21. The van der Waals surface area contributed by atoms with Crippen LogP contribution in [0.15, 0.2) is 33.6 Å². The molecule has 5 nitrogen and oxygen atoms in total. The molecular formula is C14H21BrN2O3S. The van der Waals surface area contributed by atoms with Gasteiger partial charge < -0.3 is 4.74 Å². The van der Waals surface area contributed by atoms with Gasteiger partial charge in [-0.15, -0.1) is 0 Å². The van der Waals surface area contributed by atoms with Gasteiger partial charge in [-0.05, 0) is 31.2 Å². The number of hydrogen-bond donors (Lipinski definition) is 0. The zero-order valence-electron chi connectivity index (χ0n) is 12.2. The second kappa shape index (κ2) is 7.69. The van der Waals surface area contributed by atoms with Gasteiger partial charge in [0.15, 0.2) is 0 Å². The van der Waals surface area contributed by atoms with Crippen molar-refractivity contribution in [2.24, 2.45) is 0 Å². The summed E-state index contributed by atoms with van der Waals surface area (Å²) in [6.45, 7) is 4.28. The van der Waals surface area contributed by atoms with Gasteiger partial charge in [0.05, 0.1) is 11.5 Å². The predicted molar refractivity (Wildman–Crippen MR) is 85.8 cm³/mol. The second-order valence-corrected chi connectivity index (χ2v) is 7.90. The molecule has 0 N–H and O–H groups in total. The van der Waals surface area contributed by atoms with E-state index in [4.69, 9.17) is 4.74 Å². The minimum Gasteiger partial charge on any atom is -0.383 e. The molecule has 21 heavy (non-hydrogen) atoms. The van der Waals surface area contributed by atoms with Crippen LogP contribution in [-0.2, 0) is 14.8 Å². The molecular weight excluding hydrogens is 356 g/mol. The van der Waals surface area contributed by atoms with E-state index in [1.54, 1.807) is 29.6 Å². The highest BCUT2D eigenvalue weighted by Crippen LogP contribution is 2.21. The van der Waals surface area contributed by atoms with E-state index in [-0.39, 0.29) is 0 Å². The van der Waals surface area contributed by atoms with Gasteiger partial charge in [-0.1, -0.05) is 22.0 Å². The molecule has 118 valence electrons. The molecule has 0 spiro atoms. The smallest absolute Gasteiger partial charge is 0.243 e. The number of rotatable bonds is 5. The van der Waals surface area contributed by atoms with E-state index >= 15 is 0 Å². The summed E-state index contributed by atoms with van der Waals surface area (Å²) in [5.74, 6) is 0. The fourth-order valence-electron chi connectivity index (χ4n) is 2.41. The van der Waals surface area contributed by atoms with Crippen LogP contribution in [0.25, 0.3) is 0 Å². The number of ether oxygens (including phenoxy) is 1. The first kappa shape index (κ1) is 16.9. The topological polar surface area (TPSA) is 49.9 Å². The molecule has 1 fully saturated rings. The van der Waals surface area contributed by atoms with Gasteiger partial charge in [0.1, 0.15) is 0 Å². The Balaban J connectivity index is 2.07. The Labute approximate surface area is 135 Å². The van der Waals surface area contributed by atoms with E-state index in [1.165, 1.54) is 0 Å². The average molecular weight is 377 g/mol. The minimum atomic E-state index is -3.41. The van der Waals surface area contributed by atoms with Crippen LogP contribution in [-0.4, -0.2) is 64.1 Å². The molecule has 0 aromatic heterocycles. The number of nitrogens with zero attached hydrogens (tertiary/aromatic N) is 2. The Kier molecular flexibility index (Phi) is 6.19. The number of methoxy groups -OCH3 is 1. The molecule has 2 rings (SSSR count). The fourth-order valence-corrected chi connectivity index (χ4v) is 4.47. The molecule has 0 radical (unpaired) electrons. The number of hydrogen-bond acceptors (Lipinski definition) is 4. The summed E-state index contributed by atoms with van der Waals surface area (Å²) >= 11 is 3.33. The predicted octanol–water partition coefficient (Wildman–Crippen LogP) is 1.79. The molecule has 1 saturated heterocycles. The van der Waals surface area contributed by atoms with Crippen LogP contribution in [0.5, 0.6) is 0 Å². The first-order valence-electron chi connectivity index (χ1n) is 7.01. The third-order valence-electron chi connectivity index (χ3n) is 3.59. The molecule has 1 aliphatic rings. The van der Waals surface area contributed by atoms with E-state index in [9.17, 15) is 8.42 Å². The maximum absolute atomic E-state index is 12.7. The lowest BCUT2D eigenvalue weighted by molar-refractivity contribution is 0.151. The van der Waals surface area contributed by atoms with Crippen molar-refractivity contribution in [3.8, 4) is 0 Å². The minimum absolute atomic E-state index is 0.349. The monoisotopic (exact) mass is 376 g/mol. The van der Waals surface area contributed by atoms with Crippen molar-refractivity contribution in [1.82, 2.24) is 9.21 Å². The van der Waals surface area contributed by atoms with E-state index in [0.717, 1.165) is 30.5 Å². The van der Waals surface area contributed by atoms with Crippen molar-refractivity contribution in [2.45, 2.75) is 11.3 Å². The van der Waals surface area contributed by atoms with E-state index in [2.05, 4.69) is 20.8 Å². The SMILES string of the molecule is COCCN1CCCN(S(=O)(=O)c2cccc(Br)c2)CC1. The van der Waals surface area contributed by atoms with Crippen LogP contribution in [0.1, 0.15) is 6.42 Å². The third-order valence-corrected chi connectivity index (χ3v) is 5.98. The van der Waals surface area contributed by atoms with E-state index in [1.807, 2.05) is 6.07 Å². The Morgan fingerprint density at radius 1 is 1.24 bits per heavy atom. The van der Waals surface area contributed by atoms with Gasteiger partial charge in [-0.3, -0.25) is 4.90 Å². The molecule has 1 aromatic rings. The van der Waals surface area contributed by atoms with Crippen molar-refractivity contribution in [3.63, 3.8) is 0 Å². The standard InChI is InChI=1S/C14H21BrN2O3S/c1-20-11-10-16-6-3-7-17(9-8-16)21(18,19)14-5-2-4-13(15)12-14/h2,4-5,12H,3,6-11H2,1H3. The summed E-state index contributed by atoms with van der Waals surface area (Å²) in [6, 6.07) is 6.88. The molecule has 0 unspecified atom stereocenters. The summed E-state index contributed by atoms with van der Waals surface area (Å²) in [4.78, 5) is 2.60. The first-order chi connectivity index (χ1) is 10.0. The maximum Gasteiger partial charge on any atom is 0.243 e. The highest BCUT2D eigenvalue weighted by atomic mass is 79.9. The maximum atomic E-state index is 12.7. The number of sulfonamides is 1. The quantitative estimate of drug-likeness (QED) is 0.785. The van der Waals surface area contributed by atoms with Gasteiger partial charge in [-0.2, -0.15) is 4.31 Å². The Hall–Kier alpha value is -0.470. The summed E-state index contributed by atoms with van der Waals surface area (Å²) in [6.07, 6.45) is 0.844. The lowest BCUT2D eigenvalue weighted by Crippen LogP contribution is -2.36. The molecule has 0 saturated carbocycles.